The Labute approximate surface area is 198 Å². The van der Waals surface area contributed by atoms with Crippen LogP contribution in [0, 0.1) is 12.8 Å². The average molecular weight is 469 g/mol. The lowest BCUT2D eigenvalue weighted by atomic mass is 10.0. The number of benzene rings is 2. The summed E-state index contributed by atoms with van der Waals surface area (Å²) < 4.78 is 1.77. The maximum Gasteiger partial charge on any atom is 0.286 e. The third-order valence-corrected chi connectivity index (χ3v) is 7.10. The molecule has 2 unspecified atom stereocenters. The summed E-state index contributed by atoms with van der Waals surface area (Å²) in [6, 6.07) is 13.9. The van der Waals surface area contributed by atoms with E-state index in [9.17, 15) is 4.79 Å². The van der Waals surface area contributed by atoms with Crippen LogP contribution in [0.5, 0.6) is 0 Å². The largest absolute Gasteiger partial charge is 0.286 e. The molecule has 2 atom stereocenters. The van der Waals surface area contributed by atoms with E-state index in [4.69, 9.17) is 28.3 Å². The number of halogens is 2. The van der Waals surface area contributed by atoms with Crippen LogP contribution in [0.4, 0.5) is 0 Å². The topological polar surface area (TPSA) is 50.2 Å². The molecule has 1 aliphatic carbocycles. The van der Waals surface area contributed by atoms with Crippen LogP contribution >= 0.6 is 23.2 Å². The minimum absolute atomic E-state index is 0.196. The summed E-state index contributed by atoms with van der Waals surface area (Å²) in [5.41, 5.74) is 8.13. The quantitative estimate of drug-likeness (QED) is 0.497. The summed E-state index contributed by atoms with van der Waals surface area (Å²) in [6.07, 6.45) is 3.42. The standard InChI is InChI=1S/C25H26Cl2N4O/c1-15-13-20(15)17-5-7-18(8-6-17)24-16(2)23(25(32)29-30-11-3-4-12-30)28-31(24)22-10-9-19(26)14-21(22)27/h5-10,14-15,20H,3-4,11-13H2,1-2H3,(H,29,32). The van der Waals surface area contributed by atoms with E-state index in [1.165, 1.54) is 12.0 Å². The first kappa shape index (κ1) is 21.5. The number of carbonyl (C=O) groups is 1. The molecule has 5 nitrogen and oxygen atoms in total. The summed E-state index contributed by atoms with van der Waals surface area (Å²) >= 11 is 12.7. The number of hydrogen-bond donors (Lipinski definition) is 1. The van der Waals surface area contributed by atoms with Gasteiger partial charge in [-0.1, -0.05) is 54.4 Å². The summed E-state index contributed by atoms with van der Waals surface area (Å²) in [7, 11) is 0. The van der Waals surface area contributed by atoms with Gasteiger partial charge in [-0.2, -0.15) is 5.10 Å². The Kier molecular flexibility index (Phi) is 5.74. The third-order valence-electron chi connectivity index (χ3n) is 6.56. The highest BCUT2D eigenvalue weighted by Crippen LogP contribution is 2.47. The normalized spacial score (nSPS) is 20.5. The number of hydrogen-bond acceptors (Lipinski definition) is 3. The van der Waals surface area contributed by atoms with E-state index < -0.39 is 0 Å². The maximum absolute atomic E-state index is 13.1. The Morgan fingerprint density at radius 1 is 1.09 bits per heavy atom. The van der Waals surface area contributed by atoms with Crippen LogP contribution < -0.4 is 5.43 Å². The summed E-state index contributed by atoms with van der Waals surface area (Å²) in [5, 5.41) is 7.72. The zero-order valence-electron chi connectivity index (χ0n) is 18.2. The highest BCUT2D eigenvalue weighted by atomic mass is 35.5. The van der Waals surface area contributed by atoms with E-state index in [1.54, 1.807) is 16.8 Å². The van der Waals surface area contributed by atoms with Crippen molar-refractivity contribution in [3.8, 4) is 16.9 Å². The number of nitrogens with zero attached hydrogens (tertiary/aromatic N) is 3. The van der Waals surface area contributed by atoms with Crippen LogP contribution in [-0.4, -0.2) is 33.8 Å². The lowest BCUT2D eigenvalue weighted by Gasteiger charge is -2.15. The molecule has 1 N–H and O–H groups in total. The zero-order chi connectivity index (χ0) is 22.4. The molecule has 1 aromatic heterocycles. The van der Waals surface area contributed by atoms with Gasteiger partial charge in [-0.15, -0.1) is 0 Å². The monoisotopic (exact) mass is 468 g/mol. The summed E-state index contributed by atoms with van der Waals surface area (Å²) in [5.74, 6) is 1.21. The fourth-order valence-electron chi connectivity index (χ4n) is 4.58. The molecule has 3 aromatic rings. The molecule has 1 saturated heterocycles. The number of nitrogens with one attached hydrogen (secondary N) is 1. The number of aromatic nitrogens is 2. The van der Waals surface area contributed by atoms with Gasteiger partial charge in [-0.25, -0.2) is 9.69 Å². The second-order valence-corrected chi connectivity index (χ2v) is 9.75. The van der Waals surface area contributed by atoms with Gasteiger partial charge in [0.2, 0.25) is 0 Å². The molecule has 7 heteroatoms. The highest BCUT2D eigenvalue weighted by Gasteiger charge is 2.34. The zero-order valence-corrected chi connectivity index (χ0v) is 19.7. The SMILES string of the molecule is Cc1c(C(=O)NN2CCCC2)nn(-c2ccc(Cl)cc2Cl)c1-c1ccc(C2CC2C)cc1. The van der Waals surface area contributed by atoms with Crippen LogP contribution in [0.3, 0.4) is 0 Å². The molecule has 1 amide bonds. The first-order chi connectivity index (χ1) is 15.4. The van der Waals surface area contributed by atoms with Crippen molar-refractivity contribution < 1.29 is 4.79 Å². The molecule has 2 fully saturated rings. The van der Waals surface area contributed by atoms with Crippen LogP contribution in [0.1, 0.15) is 53.7 Å². The summed E-state index contributed by atoms with van der Waals surface area (Å²) in [4.78, 5) is 13.1. The Balaban J connectivity index is 1.58. The highest BCUT2D eigenvalue weighted by molar-refractivity contribution is 6.35. The predicted octanol–water partition coefficient (Wildman–Crippen LogP) is 6.02. The Morgan fingerprint density at radius 3 is 2.41 bits per heavy atom. The fourth-order valence-corrected chi connectivity index (χ4v) is 5.07. The minimum Gasteiger partial charge on any atom is -0.283 e. The molecule has 0 spiro atoms. The molecule has 166 valence electrons. The van der Waals surface area contributed by atoms with Crippen LogP contribution in [0.15, 0.2) is 42.5 Å². The van der Waals surface area contributed by atoms with Gasteiger partial charge in [-0.3, -0.25) is 10.2 Å². The molecule has 2 aromatic carbocycles. The number of hydrazine groups is 1. The second kappa shape index (κ2) is 8.54. The van der Waals surface area contributed by atoms with Gasteiger partial charge < -0.3 is 0 Å². The molecule has 5 rings (SSSR count). The number of carbonyl (C=O) groups excluding carboxylic acids is 1. The van der Waals surface area contributed by atoms with E-state index in [1.807, 2.05) is 18.0 Å². The average Bonchev–Trinajstić information content (AvgIpc) is 3.13. The van der Waals surface area contributed by atoms with Gasteiger partial charge in [-0.05, 0) is 61.8 Å². The lowest BCUT2D eigenvalue weighted by Crippen LogP contribution is -2.40. The number of amides is 1. The molecule has 0 bridgehead atoms. The van der Waals surface area contributed by atoms with E-state index in [-0.39, 0.29) is 5.91 Å². The van der Waals surface area contributed by atoms with Gasteiger partial charge in [0.1, 0.15) is 0 Å². The molecule has 0 radical (unpaired) electrons. The molecule has 2 heterocycles. The number of rotatable bonds is 5. The molecule has 1 saturated carbocycles. The third kappa shape index (κ3) is 4.05. The fraction of sp³-hybridized carbons (Fsp3) is 0.360. The lowest BCUT2D eigenvalue weighted by molar-refractivity contribution is 0.0819. The maximum atomic E-state index is 13.1. The van der Waals surface area contributed by atoms with E-state index in [0.29, 0.717) is 27.3 Å². The minimum atomic E-state index is -0.196. The van der Waals surface area contributed by atoms with E-state index >= 15 is 0 Å². The van der Waals surface area contributed by atoms with Crippen LogP contribution in [-0.2, 0) is 0 Å². The van der Waals surface area contributed by atoms with Crippen molar-refractivity contribution >= 4 is 29.1 Å². The van der Waals surface area contributed by atoms with Crippen molar-refractivity contribution in [2.45, 2.75) is 39.0 Å². The molecule has 1 aliphatic heterocycles. The van der Waals surface area contributed by atoms with Crippen molar-refractivity contribution in [2.24, 2.45) is 5.92 Å². The van der Waals surface area contributed by atoms with Gasteiger partial charge in [0.15, 0.2) is 5.69 Å². The van der Waals surface area contributed by atoms with E-state index in [0.717, 1.165) is 48.7 Å². The predicted molar refractivity (Wildman–Crippen MR) is 129 cm³/mol. The van der Waals surface area contributed by atoms with Crippen molar-refractivity contribution in [3.63, 3.8) is 0 Å². The van der Waals surface area contributed by atoms with E-state index in [2.05, 4.69) is 36.6 Å². The van der Waals surface area contributed by atoms with Crippen molar-refractivity contribution in [1.82, 2.24) is 20.2 Å². The first-order valence-corrected chi connectivity index (χ1v) is 11.9. The molecular weight excluding hydrogens is 443 g/mol. The van der Waals surface area contributed by atoms with Gasteiger partial charge in [0.25, 0.3) is 5.91 Å². The van der Waals surface area contributed by atoms with Crippen LogP contribution in [0.25, 0.3) is 16.9 Å². The van der Waals surface area contributed by atoms with Gasteiger partial charge in [0.05, 0.1) is 16.4 Å². The van der Waals surface area contributed by atoms with Crippen molar-refractivity contribution in [3.05, 3.63) is 69.3 Å². The Bertz CT molecular complexity index is 1170. The molecular formula is C25H26Cl2N4O. The summed E-state index contributed by atoms with van der Waals surface area (Å²) in [6.45, 7) is 5.95. The van der Waals surface area contributed by atoms with Crippen molar-refractivity contribution in [2.75, 3.05) is 13.1 Å². The van der Waals surface area contributed by atoms with Gasteiger partial charge in [0, 0.05) is 29.2 Å². The molecule has 2 aliphatic rings. The second-order valence-electron chi connectivity index (χ2n) is 8.91. The Morgan fingerprint density at radius 2 is 1.78 bits per heavy atom. The first-order valence-electron chi connectivity index (χ1n) is 11.1. The smallest absolute Gasteiger partial charge is 0.283 e. The van der Waals surface area contributed by atoms with Crippen LogP contribution in [0.2, 0.25) is 10.0 Å². The van der Waals surface area contributed by atoms with Crippen molar-refractivity contribution in [1.29, 1.82) is 0 Å². The Hall–Kier alpha value is -2.34. The van der Waals surface area contributed by atoms with Gasteiger partial charge >= 0.3 is 0 Å². The molecule has 32 heavy (non-hydrogen) atoms.